The van der Waals surface area contributed by atoms with Crippen molar-refractivity contribution in [2.45, 2.75) is 12.8 Å². The van der Waals surface area contributed by atoms with E-state index < -0.39 is 18.4 Å². The fraction of sp³-hybridized carbons (Fsp3) is 0.176. The molecule has 7 nitrogen and oxygen atoms in total. The molecule has 0 unspecified atom stereocenters. The second kappa shape index (κ2) is 6.49. The number of aliphatic carboxylic acids is 1. The molecule has 0 bridgehead atoms. The maximum Gasteiger partial charge on any atom is 0.322 e. The van der Waals surface area contributed by atoms with Gasteiger partial charge in [0.15, 0.2) is 11.4 Å². The molecule has 0 aliphatic heterocycles. The number of fused-ring (bicyclic) bond motifs is 1. The Morgan fingerprint density at radius 3 is 2.79 bits per heavy atom. The number of amides is 1. The topological polar surface area (TPSA) is 112 Å². The Balaban J connectivity index is 1.95. The number of allylic oxidation sites excluding steroid dienone is 4. The van der Waals surface area contributed by atoms with E-state index in [4.69, 9.17) is 5.11 Å². The largest absolute Gasteiger partial charge is 0.505 e. The number of pyridine rings is 2. The molecule has 24 heavy (non-hydrogen) atoms. The molecule has 0 saturated heterocycles. The van der Waals surface area contributed by atoms with Crippen molar-refractivity contribution in [1.29, 1.82) is 0 Å². The Bertz CT molecular complexity index is 887. The Hall–Kier alpha value is -3.22. The third-order valence-electron chi connectivity index (χ3n) is 3.63. The number of carboxylic acids is 1. The first-order valence-corrected chi connectivity index (χ1v) is 7.42. The third-order valence-corrected chi connectivity index (χ3v) is 3.63. The Kier molecular flexibility index (Phi) is 4.24. The number of nitrogens with zero attached hydrogens (tertiary/aromatic N) is 2. The summed E-state index contributed by atoms with van der Waals surface area (Å²) in [5.74, 6) is -2.25. The fourth-order valence-electron chi connectivity index (χ4n) is 2.46. The van der Waals surface area contributed by atoms with E-state index in [-0.39, 0.29) is 11.4 Å². The molecule has 3 N–H and O–H groups in total. The van der Waals surface area contributed by atoms with Crippen molar-refractivity contribution in [1.82, 2.24) is 15.3 Å². The van der Waals surface area contributed by atoms with Gasteiger partial charge in [0.05, 0.1) is 17.4 Å². The quantitative estimate of drug-likeness (QED) is 0.791. The monoisotopic (exact) mass is 325 g/mol. The van der Waals surface area contributed by atoms with Crippen LogP contribution in [-0.4, -0.2) is 38.6 Å². The van der Waals surface area contributed by atoms with Gasteiger partial charge in [-0.3, -0.25) is 9.59 Å². The number of carbonyl (C=O) groups excluding carboxylic acids is 1. The average molecular weight is 325 g/mol. The minimum atomic E-state index is -1.18. The number of carbonyl (C=O) groups is 2. The van der Waals surface area contributed by atoms with E-state index in [1.54, 1.807) is 12.1 Å². The van der Waals surface area contributed by atoms with Crippen LogP contribution in [0.4, 0.5) is 0 Å². The minimum absolute atomic E-state index is 0.227. The van der Waals surface area contributed by atoms with Gasteiger partial charge in [-0.25, -0.2) is 9.97 Å². The number of carboxylic acid groups (broad SMARTS) is 1. The summed E-state index contributed by atoms with van der Waals surface area (Å²) in [7, 11) is 0. The van der Waals surface area contributed by atoms with Crippen molar-refractivity contribution in [3.05, 3.63) is 47.9 Å². The van der Waals surface area contributed by atoms with Gasteiger partial charge >= 0.3 is 5.97 Å². The molecule has 2 aromatic rings. The van der Waals surface area contributed by atoms with Crippen LogP contribution in [0.25, 0.3) is 16.5 Å². The van der Waals surface area contributed by atoms with Crippen molar-refractivity contribution in [3.8, 4) is 5.75 Å². The van der Waals surface area contributed by atoms with Crippen molar-refractivity contribution in [3.63, 3.8) is 0 Å². The molecule has 0 atom stereocenters. The highest BCUT2D eigenvalue weighted by Crippen LogP contribution is 2.28. The molecule has 2 heterocycles. The lowest BCUT2D eigenvalue weighted by atomic mass is 10.0. The third kappa shape index (κ3) is 3.10. The van der Waals surface area contributed by atoms with Gasteiger partial charge in [0.1, 0.15) is 6.54 Å². The van der Waals surface area contributed by atoms with Gasteiger partial charge in [0, 0.05) is 5.39 Å². The first kappa shape index (κ1) is 15.7. The van der Waals surface area contributed by atoms with E-state index in [2.05, 4.69) is 27.4 Å². The van der Waals surface area contributed by atoms with Gasteiger partial charge in [-0.2, -0.15) is 0 Å². The fourth-order valence-corrected chi connectivity index (χ4v) is 2.46. The van der Waals surface area contributed by atoms with Gasteiger partial charge < -0.3 is 15.5 Å². The summed E-state index contributed by atoms with van der Waals surface area (Å²) in [6.45, 7) is -0.546. The molecule has 0 radical (unpaired) electrons. The highest BCUT2D eigenvalue weighted by atomic mass is 16.4. The number of rotatable bonds is 4. The van der Waals surface area contributed by atoms with E-state index in [1.807, 2.05) is 6.08 Å². The van der Waals surface area contributed by atoms with Crippen LogP contribution in [0.5, 0.6) is 5.75 Å². The van der Waals surface area contributed by atoms with E-state index in [0.29, 0.717) is 10.9 Å². The molecule has 3 rings (SSSR count). The van der Waals surface area contributed by atoms with Crippen molar-refractivity contribution in [2.75, 3.05) is 6.54 Å². The zero-order valence-electron chi connectivity index (χ0n) is 12.7. The maximum atomic E-state index is 11.9. The molecular weight excluding hydrogens is 310 g/mol. The van der Waals surface area contributed by atoms with Gasteiger partial charge in [0.25, 0.3) is 5.91 Å². The summed E-state index contributed by atoms with van der Waals surface area (Å²) in [6.07, 6.45) is 9.52. The highest BCUT2D eigenvalue weighted by Gasteiger charge is 2.17. The van der Waals surface area contributed by atoms with Crippen LogP contribution in [0, 0.1) is 0 Å². The van der Waals surface area contributed by atoms with Crippen molar-refractivity contribution < 1.29 is 19.8 Å². The number of hydrogen-bond donors (Lipinski definition) is 3. The first-order valence-electron chi connectivity index (χ1n) is 7.42. The van der Waals surface area contributed by atoms with Crippen LogP contribution >= 0.6 is 0 Å². The van der Waals surface area contributed by atoms with Crippen LogP contribution in [0.15, 0.2) is 36.6 Å². The van der Waals surface area contributed by atoms with Gasteiger partial charge in [-0.1, -0.05) is 18.2 Å². The van der Waals surface area contributed by atoms with E-state index in [9.17, 15) is 14.7 Å². The number of hydrogen-bond acceptors (Lipinski definition) is 5. The predicted molar refractivity (Wildman–Crippen MR) is 87.5 cm³/mol. The lowest BCUT2D eigenvalue weighted by molar-refractivity contribution is -0.135. The van der Waals surface area contributed by atoms with Crippen LogP contribution < -0.4 is 5.32 Å². The average Bonchev–Trinajstić information content (AvgIpc) is 2.60. The molecular formula is C17H15N3O4. The second-order valence-corrected chi connectivity index (χ2v) is 5.30. The van der Waals surface area contributed by atoms with Crippen LogP contribution in [0.3, 0.4) is 0 Å². The summed E-state index contributed by atoms with van der Waals surface area (Å²) >= 11 is 0. The molecule has 1 aliphatic rings. The van der Waals surface area contributed by atoms with Crippen LogP contribution in [0.2, 0.25) is 0 Å². The van der Waals surface area contributed by atoms with Crippen LogP contribution in [0.1, 0.15) is 29.0 Å². The zero-order valence-corrected chi connectivity index (χ0v) is 12.7. The smallest absolute Gasteiger partial charge is 0.322 e. The van der Waals surface area contributed by atoms with Gasteiger partial charge in [0.2, 0.25) is 0 Å². The predicted octanol–water partition coefficient (Wildman–Crippen LogP) is 1.88. The molecule has 7 heteroatoms. The van der Waals surface area contributed by atoms with Gasteiger partial charge in [-0.05, 0) is 30.5 Å². The highest BCUT2D eigenvalue weighted by molar-refractivity contribution is 6.01. The summed E-state index contributed by atoms with van der Waals surface area (Å²) < 4.78 is 0. The number of aromatic nitrogens is 2. The molecule has 1 aliphatic carbocycles. The summed E-state index contributed by atoms with van der Waals surface area (Å²) in [5.41, 5.74) is 2.00. The molecule has 1 amide bonds. The lowest BCUT2D eigenvalue weighted by Crippen LogP contribution is -2.29. The standard InChI is InChI=1S/C17H15N3O4/c21-14(22)9-19-17(24)15-16(23)11-6-7-12(20-13(11)8-18-15)10-4-2-1-3-5-10/h2,4-8,23H,1,3,9H2,(H,19,24)(H,21,22). The van der Waals surface area contributed by atoms with Gasteiger partial charge in [-0.15, -0.1) is 0 Å². The van der Waals surface area contributed by atoms with Crippen molar-refractivity contribution in [2.24, 2.45) is 0 Å². The van der Waals surface area contributed by atoms with Crippen molar-refractivity contribution >= 4 is 28.4 Å². The summed E-state index contributed by atoms with van der Waals surface area (Å²) in [4.78, 5) is 30.8. The molecule has 122 valence electrons. The van der Waals surface area contributed by atoms with E-state index in [0.717, 1.165) is 24.1 Å². The number of nitrogens with one attached hydrogen (secondary N) is 1. The molecule has 2 aromatic heterocycles. The zero-order chi connectivity index (χ0) is 17.1. The van der Waals surface area contributed by atoms with E-state index >= 15 is 0 Å². The van der Waals surface area contributed by atoms with E-state index in [1.165, 1.54) is 6.20 Å². The Morgan fingerprint density at radius 1 is 1.25 bits per heavy atom. The maximum absolute atomic E-state index is 11.9. The number of aromatic hydroxyl groups is 1. The Morgan fingerprint density at radius 2 is 2.08 bits per heavy atom. The lowest BCUT2D eigenvalue weighted by Gasteiger charge is -2.10. The summed E-state index contributed by atoms with van der Waals surface area (Å²) in [6, 6.07) is 3.44. The van der Waals surface area contributed by atoms with Crippen LogP contribution in [-0.2, 0) is 4.79 Å². The minimum Gasteiger partial charge on any atom is -0.505 e. The molecule has 0 aromatic carbocycles. The SMILES string of the molecule is O=C(O)CNC(=O)c1ncc2nc(C3=CCCC=C3)ccc2c1O. The normalized spacial score (nSPS) is 13.6. The molecule has 0 fully saturated rings. The second-order valence-electron chi connectivity index (χ2n) is 5.30. The first-order chi connectivity index (χ1) is 11.6. The summed E-state index contributed by atoms with van der Waals surface area (Å²) in [5, 5.41) is 21.4. The molecule has 0 saturated carbocycles. The molecule has 0 spiro atoms. The Labute approximate surface area is 137 Å².